The van der Waals surface area contributed by atoms with Gasteiger partial charge in [0.1, 0.15) is 0 Å². The van der Waals surface area contributed by atoms with Gasteiger partial charge in [-0.05, 0) is 12.8 Å². The van der Waals surface area contributed by atoms with E-state index in [0.29, 0.717) is 12.1 Å². The number of nitrogens with one attached hydrogen (secondary N) is 1. The van der Waals surface area contributed by atoms with Crippen LogP contribution in [0.15, 0.2) is 16.8 Å². The quantitative estimate of drug-likeness (QED) is 0.850. The van der Waals surface area contributed by atoms with E-state index in [4.69, 9.17) is 4.52 Å². The highest BCUT2D eigenvalue weighted by molar-refractivity contribution is 4.95. The van der Waals surface area contributed by atoms with E-state index < -0.39 is 0 Å². The Morgan fingerprint density at radius 1 is 1.53 bits per heavy atom. The normalized spacial score (nSPS) is 26.2. The monoisotopic (exact) mass is 237 g/mol. The van der Waals surface area contributed by atoms with E-state index in [-0.39, 0.29) is 0 Å². The summed E-state index contributed by atoms with van der Waals surface area (Å²) < 4.78 is 5.21. The Labute approximate surface area is 103 Å². The SMILES string of the molecule is CCCC1CN(Cc2ccno2)C(CC)CN1. The molecule has 1 aromatic heterocycles. The van der Waals surface area contributed by atoms with Gasteiger partial charge in [-0.3, -0.25) is 4.90 Å². The molecule has 4 heteroatoms. The van der Waals surface area contributed by atoms with Gasteiger partial charge >= 0.3 is 0 Å². The van der Waals surface area contributed by atoms with Gasteiger partial charge in [0.15, 0.2) is 5.76 Å². The third-order valence-corrected chi connectivity index (χ3v) is 3.57. The maximum absolute atomic E-state index is 5.21. The number of nitrogens with zero attached hydrogens (tertiary/aromatic N) is 2. The average molecular weight is 237 g/mol. The minimum absolute atomic E-state index is 0.619. The summed E-state index contributed by atoms with van der Waals surface area (Å²) in [4.78, 5) is 2.53. The average Bonchev–Trinajstić information content (AvgIpc) is 2.83. The molecule has 0 bridgehead atoms. The molecule has 2 unspecified atom stereocenters. The molecule has 2 rings (SSSR count). The molecule has 1 fully saturated rings. The number of piperazine rings is 1. The van der Waals surface area contributed by atoms with Crippen molar-refractivity contribution >= 4 is 0 Å². The van der Waals surface area contributed by atoms with Crippen LogP contribution in [0.3, 0.4) is 0 Å². The van der Waals surface area contributed by atoms with E-state index in [1.807, 2.05) is 6.07 Å². The molecule has 1 aliphatic rings. The van der Waals surface area contributed by atoms with Gasteiger partial charge in [0.2, 0.25) is 0 Å². The summed E-state index contributed by atoms with van der Waals surface area (Å²) in [5, 5.41) is 7.42. The minimum atomic E-state index is 0.619. The van der Waals surface area contributed by atoms with Crippen LogP contribution in [0.5, 0.6) is 0 Å². The molecule has 0 amide bonds. The van der Waals surface area contributed by atoms with Crippen molar-refractivity contribution in [3.8, 4) is 0 Å². The minimum Gasteiger partial charge on any atom is -0.360 e. The van der Waals surface area contributed by atoms with Gasteiger partial charge in [0.25, 0.3) is 0 Å². The van der Waals surface area contributed by atoms with Crippen LogP contribution < -0.4 is 5.32 Å². The maximum atomic E-state index is 5.21. The van der Waals surface area contributed by atoms with Crippen LogP contribution in [0.4, 0.5) is 0 Å². The zero-order valence-electron chi connectivity index (χ0n) is 10.9. The number of hydrogen-bond acceptors (Lipinski definition) is 4. The molecule has 0 aromatic carbocycles. The third kappa shape index (κ3) is 3.30. The first kappa shape index (κ1) is 12.6. The van der Waals surface area contributed by atoms with Crippen molar-refractivity contribution in [3.63, 3.8) is 0 Å². The fourth-order valence-corrected chi connectivity index (χ4v) is 2.59. The van der Waals surface area contributed by atoms with Crippen LogP contribution in [-0.4, -0.2) is 35.2 Å². The topological polar surface area (TPSA) is 41.3 Å². The van der Waals surface area contributed by atoms with Crippen molar-refractivity contribution in [3.05, 3.63) is 18.0 Å². The van der Waals surface area contributed by atoms with Crippen molar-refractivity contribution in [2.24, 2.45) is 0 Å². The first-order chi connectivity index (χ1) is 8.33. The van der Waals surface area contributed by atoms with Gasteiger partial charge in [-0.1, -0.05) is 25.4 Å². The lowest BCUT2D eigenvalue weighted by atomic mass is 10.0. The predicted octanol–water partition coefficient (Wildman–Crippen LogP) is 2.03. The van der Waals surface area contributed by atoms with Crippen molar-refractivity contribution in [1.29, 1.82) is 0 Å². The van der Waals surface area contributed by atoms with E-state index in [1.54, 1.807) is 6.20 Å². The maximum Gasteiger partial charge on any atom is 0.150 e. The Bertz CT molecular complexity index is 312. The molecular formula is C13H23N3O. The van der Waals surface area contributed by atoms with Crippen LogP contribution >= 0.6 is 0 Å². The van der Waals surface area contributed by atoms with Crippen molar-refractivity contribution in [2.75, 3.05) is 13.1 Å². The Hall–Kier alpha value is -0.870. The zero-order valence-corrected chi connectivity index (χ0v) is 10.9. The summed E-state index contributed by atoms with van der Waals surface area (Å²) in [5.41, 5.74) is 0. The summed E-state index contributed by atoms with van der Waals surface area (Å²) in [6.45, 7) is 7.59. The summed E-state index contributed by atoms with van der Waals surface area (Å²) >= 11 is 0. The lowest BCUT2D eigenvalue weighted by molar-refractivity contribution is 0.104. The predicted molar refractivity (Wildman–Crippen MR) is 67.7 cm³/mol. The van der Waals surface area contributed by atoms with Crippen molar-refractivity contribution in [2.45, 2.75) is 51.7 Å². The van der Waals surface area contributed by atoms with Crippen LogP contribution in [-0.2, 0) is 6.54 Å². The standard InChI is InChI=1S/C13H23N3O/c1-3-5-11-9-16(12(4-2)8-14-11)10-13-6-7-15-17-13/h6-7,11-12,14H,3-5,8-10H2,1-2H3. The van der Waals surface area contributed by atoms with Gasteiger partial charge in [-0.15, -0.1) is 0 Å². The second-order valence-corrected chi connectivity index (χ2v) is 4.86. The molecule has 17 heavy (non-hydrogen) atoms. The third-order valence-electron chi connectivity index (χ3n) is 3.57. The van der Waals surface area contributed by atoms with E-state index in [1.165, 1.54) is 19.3 Å². The Kier molecular flexibility index (Phi) is 4.57. The van der Waals surface area contributed by atoms with Crippen LogP contribution in [0.1, 0.15) is 38.9 Å². The molecule has 0 spiro atoms. The van der Waals surface area contributed by atoms with E-state index >= 15 is 0 Å². The van der Waals surface area contributed by atoms with Crippen LogP contribution in [0.2, 0.25) is 0 Å². The molecular weight excluding hydrogens is 214 g/mol. The van der Waals surface area contributed by atoms with Crippen LogP contribution in [0.25, 0.3) is 0 Å². The second-order valence-electron chi connectivity index (χ2n) is 4.86. The molecule has 1 aliphatic heterocycles. The smallest absolute Gasteiger partial charge is 0.150 e. The largest absolute Gasteiger partial charge is 0.360 e. The molecule has 1 N–H and O–H groups in total. The molecule has 0 saturated carbocycles. The van der Waals surface area contributed by atoms with E-state index in [9.17, 15) is 0 Å². The molecule has 1 aromatic rings. The molecule has 0 radical (unpaired) electrons. The summed E-state index contributed by atoms with van der Waals surface area (Å²) in [5.74, 6) is 0.973. The van der Waals surface area contributed by atoms with E-state index in [2.05, 4.69) is 29.2 Å². The highest BCUT2D eigenvalue weighted by atomic mass is 16.5. The van der Waals surface area contributed by atoms with Gasteiger partial charge in [0, 0.05) is 31.2 Å². The Balaban J connectivity index is 1.94. The summed E-state index contributed by atoms with van der Waals surface area (Å²) in [6, 6.07) is 3.21. The molecule has 2 atom stereocenters. The summed E-state index contributed by atoms with van der Waals surface area (Å²) in [6.07, 6.45) is 5.40. The van der Waals surface area contributed by atoms with Crippen molar-refractivity contribution in [1.82, 2.24) is 15.4 Å². The second kappa shape index (κ2) is 6.17. The van der Waals surface area contributed by atoms with Gasteiger partial charge in [-0.2, -0.15) is 0 Å². The van der Waals surface area contributed by atoms with Crippen molar-refractivity contribution < 1.29 is 4.52 Å². The Morgan fingerprint density at radius 3 is 3.06 bits per heavy atom. The van der Waals surface area contributed by atoms with Gasteiger partial charge < -0.3 is 9.84 Å². The molecule has 4 nitrogen and oxygen atoms in total. The lowest BCUT2D eigenvalue weighted by Crippen LogP contribution is -2.55. The highest BCUT2D eigenvalue weighted by Crippen LogP contribution is 2.16. The van der Waals surface area contributed by atoms with Gasteiger partial charge in [-0.25, -0.2) is 0 Å². The van der Waals surface area contributed by atoms with E-state index in [0.717, 1.165) is 25.4 Å². The Morgan fingerprint density at radius 2 is 2.41 bits per heavy atom. The number of rotatable bonds is 5. The molecule has 2 heterocycles. The number of aromatic nitrogens is 1. The fraction of sp³-hybridized carbons (Fsp3) is 0.769. The van der Waals surface area contributed by atoms with Gasteiger partial charge in [0.05, 0.1) is 12.7 Å². The molecule has 1 saturated heterocycles. The fourth-order valence-electron chi connectivity index (χ4n) is 2.59. The lowest BCUT2D eigenvalue weighted by Gasteiger charge is -2.39. The molecule has 96 valence electrons. The molecule has 0 aliphatic carbocycles. The number of hydrogen-bond donors (Lipinski definition) is 1. The highest BCUT2D eigenvalue weighted by Gasteiger charge is 2.26. The van der Waals surface area contributed by atoms with Crippen LogP contribution in [0, 0.1) is 0 Å². The zero-order chi connectivity index (χ0) is 12.1. The first-order valence-electron chi connectivity index (χ1n) is 6.70. The summed E-state index contributed by atoms with van der Waals surface area (Å²) in [7, 11) is 0. The first-order valence-corrected chi connectivity index (χ1v) is 6.70.